The normalized spacial score (nSPS) is 27.3. The molecule has 0 saturated carbocycles. The Kier molecular flexibility index (Phi) is 5.38. The lowest BCUT2D eigenvalue weighted by molar-refractivity contribution is 0.0205. The fourth-order valence-corrected chi connectivity index (χ4v) is 4.31. The third kappa shape index (κ3) is 3.78. The van der Waals surface area contributed by atoms with Gasteiger partial charge in [0.1, 0.15) is 5.75 Å². The fraction of sp³-hybridized carbons (Fsp3) is 0.611. The molecule has 2 aliphatic rings. The maximum atomic E-state index is 5.53. The van der Waals surface area contributed by atoms with Crippen molar-refractivity contribution in [3.63, 3.8) is 0 Å². The summed E-state index contributed by atoms with van der Waals surface area (Å²) in [6.45, 7) is 0.989. The second-order valence-electron chi connectivity index (χ2n) is 6.61. The number of hydrogen-bond acceptors (Lipinski definition) is 3. The van der Waals surface area contributed by atoms with E-state index in [4.69, 9.17) is 17.0 Å². The Morgan fingerprint density at radius 1 is 1.26 bits per heavy atom. The molecule has 2 atom stereocenters. The van der Waals surface area contributed by atoms with Crippen LogP contribution >= 0.6 is 12.2 Å². The Labute approximate surface area is 144 Å². The Morgan fingerprint density at radius 2 is 1.96 bits per heavy atom. The monoisotopic (exact) mass is 333 g/mol. The van der Waals surface area contributed by atoms with Gasteiger partial charge >= 0.3 is 0 Å². The van der Waals surface area contributed by atoms with Crippen molar-refractivity contribution in [1.82, 2.24) is 15.5 Å². The van der Waals surface area contributed by atoms with Crippen molar-refractivity contribution in [3.05, 3.63) is 29.8 Å². The molecule has 4 nitrogen and oxygen atoms in total. The van der Waals surface area contributed by atoms with Gasteiger partial charge in [0, 0.05) is 37.3 Å². The first-order valence-electron chi connectivity index (χ1n) is 8.57. The standard InChI is InChI=1S/C18H27N3OS/c1-19-18(23)20-14-10-15-7-5-8-16(11-14)21(15)12-13-6-3-4-9-17(13)22-2/h3-4,6,9,14-16H,5,7-8,10-12H2,1-2H3,(H2,19,20,23)/t15-,16-/m0/s1. The highest BCUT2D eigenvalue weighted by Crippen LogP contribution is 2.36. The zero-order valence-electron chi connectivity index (χ0n) is 14.0. The van der Waals surface area contributed by atoms with E-state index in [1.807, 2.05) is 13.1 Å². The molecule has 0 amide bonds. The summed E-state index contributed by atoms with van der Waals surface area (Å²) in [6, 6.07) is 10.2. The minimum absolute atomic E-state index is 0.499. The number of ether oxygens (including phenoxy) is 1. The van der Waals surface area contributed by atoms with Crippen molar-refractivity contribution in [2.24, 2.45) is 0 Å². The van der Waals surface area contributed by atoms with Gasteiger partial charge in [-0.1, -0.05) is 24.6 Å². The summed E-state index contributed by atoms with van der Waals surface area (Å²) in [5.41, 5.74) is 1.30. The zero-order valence-corrected chi connectivity index (χ0v) is 14.9. The number of piperidine rings is 2. The lowest BCUT2D eigenvalue weighted by atomic mass is 9.81. The molecule has 0 aliphatic carbocycles. The van der Waals surface area contributed by atoms with Gasteiger partial charge in [-0.25, -0.2) is 0 Å². The summed E-state index contributed by atoms with van der Waals surface area (Å²) in [5, 5.41) is 7.28. The lowest BCUT2D eigenvalue weighted by Gasteiger charge is -2.49. The third-order valence-corrected chi connectivity index (χ3v) is 5.56. The highest BCUT2D eigenvalue weighted by atomic mass is 32.1. The molecule has 5 heteroatoms. The van der Waals surface area contributed by atoms with Crippen molar-refractivity contribution >= 4 is 17.3 Å². The summed E-state index contributed by atoms with van der Waals surface area (Å²) < 4.78 is 5.53. The van der Waals surface area contributed by atoms with Gasteiger partial charge in [-0.3, -0.25) is 4.90 Å². The van der Waals surface area contributed by atoms with Crippen LogP contribution in [0, 0.1) is 0 Å². The van der Waals surface area contributed by atoms with E-state index in [0.717, 1.165) is 17.4 Å². The van der Waals surface area contributed by atoms with Crippen molar-refractivity contribution < 1.29 is 4.74 Å². The number of benzene rings is 1. The molecule has 0 spiro atoms. The molecule has 2 heterocycles. The van der Waals surface area contributed by atoms with Gasteiger partial charge in [0.05, 0.1) is 7.11 Å². The molecule has 23 heavy (non-hydrogen) atoms. The molecule has 0 aromatic heterocycles. The predicted octanol–water partition coefficient (Wildman–Crippen LogP) is 2.67. The molecule has 2 bridgehead atoms. The molecule has 2 fully saturated rings. The minimum atomic E-state index is 0.499. The van der Waals surface area contributed by atoms with E-state index >= 15 is 0 Å². The number of nitrogens with one attached hydrogen (secondary N) is 2. The molecule has 1 aromatic rings. The quantitative estimate of drug-likeness (QED) is 0.829. The van der Waals surface area contributed by atoms with Crippen LogP contribution in [-0.2, 0) is 6.54 Å². The van der Waals surface area contributed by atoms with Crippen LogP contribution in [0.2, 0.25) is 0 Å². The summed E-state index contributed by atoms with van der Waals surface area (Å²) in [4.78, 5) is 2.70. The van der Waals surface area contributed by atoms with Gasteiger partial charge in [0.2, 0.25) is 0 Å². The molecule has 2 N–H and O–H groups in total. The first-order valence-corrected chi connectivity index (χ1v) is 8.98. The first kappa shape index (κ1) is 16.5. The SMILES string of the molecule is CNC(=S)NC1C[C@@H]2CCC[C@@H](C1)N2Cc1ccccc1OC. The average Bonchev–Trinajstić information content (AvgIpc) is 2.55. The van der Waals surface area contributed by atoms with Crippen molar-refractivity contribution in [1.29, 1.82) is 0 Å². The predicted molar refractivity (Wildman–Crippen MR) is 97.8 cm³/mol. The topological polar surface area (TPSA) is 36.5 Å². The van der Waals surface area contributed by atoms with Gasteiger partial charge in [0.15, 0.2) is 5.11 Å². The average molecular weight is 334 g/mol. The van der Waals surface area contributed by atoms with E-state index in [1.54, 1.807) is 7.11 Å². The number of thiocarbonyl (C=S) groups is 1. The van der Waals surface area contributed by atoms with Crippen LogP contribution < -0.4 is 15.4 Å². The van der Waals surface area contributed by atoms with E-state index in [9.17, 15) is 0 Å². The molecule has 3 rings (SSSR count). The summed E-state index contributed by atoms with van der Waals surface area (Å²) in [5.74, 6) is 1.00. The molecule has 2 aliphatic heterocycles. The molecule has 2 saturated heterocycles. The second-order valence-corrected chi connectivity index (χ2v) is 7.02. The van der Waals surface area contributed by atoms with Crippen LogP contribution in [-0.4, -0.2) is 42.3 Å². The number of nitrogens with zero attached hydrogens (tertiary/aromatic N) is 1. The molecule has 0 unspecified atom stereocenters. The summed E-state index contributed by atoms with van der Waals surface area (Å²) >= 11 is 5.28. The molecular formula is C18H27N3OS. The Bertz CT molecular complexity index is 537. The minimum Gasteiger partial charge on any atom is -0.496 e. The zero-order chi connectivity index (χ0) is 16.2. The van der Waals surface area contributed by atoms with E-state index in [1.165, 1.54) is 37.7 Å². The number of rotatable bonds is 4. The van der Waals surface area contributed by atoms with E-state index in [0.29, 0.717) is 18.1 Å². The van der Waals surface area contributed by atoms with Gasteiger partial charge in [-0.15, -0.1) is 0 Å². The van der Waals surface area contributed by atoms with Gasteiger partial charge < -0.3 is 15.4 Å². The van der Waals surface area contributed by atoms with Gasteiger partial charge in [-0.05, 0) is 44.0 Å². The van der Waals surface area contributed by atoms with E-state index in [2.05, 4.69) is 33.7 Å². The Hall–Kier alpha value is -1.33. The van der Waals surface area contributed by atoms with Crippen LogP contribution in [0.3, 0.4) is 0 Å². The third-order valence-electron chi connectivity index (χ3n) is 5.23. The van der Waals surface area contributed by atoms with Gasteiger partial charge in [0.25, 0.3) is 0 Å². The van der Waals surface area contributed by atoms with Crippen LogP contribution in [0.5, 0.6) is 5.75 Å². The Morgan fingerprint density at radius 3 is 2.61 bits per heavy atom. The van der Waals surface area contributed by atoms with Crippen molar-refractivity contribution in [3.8, 4) is 5.75 Å². The largest absolute Gasteiger partial charge is 0.496 e. The lowest BCUT2D eigenvalue weighted by Crippen LogP contribution is -2.57. The number of methoxy groups -OCH3 is 1. The Balaban J connectivity index is 1.70. The van der Waals surface area contributed by atoms with Gasteiger partial charge in [-0.2, -0.15) is 0 Å². The second kappa shape index (κ2) is 7.49. The molecule has 126 valence electrons. The van der Waals surface area contributed by atoms with Crippen molar-refractivity contribution in [2.45, 2.75) is 56.8 Å². The maximum Gasteiger partial charge on any atom is 0.166 e. The van der Waals surface area contributed by atoms with E-state index in [-0.39, 0.29) is 0 Å². The van der Waals surface area contributed by atoms with E-state index < -0.39 is 0 Å². The fourth-order valence-electron chi connectivity index (χ4n) is 4.14. The molecule has 0 radical (unpaired) electrons. The highest BCUT2D eigenvalue weighted by molar-refractivity contribution is 7.80. The summed E-state index contributed by atoms with van der Waals surface area (Å²) in [7, 11) is 3.64. The van der Waals surface area contributed by atoms with Crippen LogP contribution in [0.4, 0.5) is 0 Å². The maximum absolute atomic E-state index is 5.53. The van der Waals surface area contributed by atoms with Crippen molar-refractivity contribution in [2.75, 3.05) is 14.2 Å². The molecule has 1 aromatic carbocycles. The van der Waals surface area contributed by atoms with Crippen LogP contribution in [0.15, 0.2) is 24.3 Å². The number of fused-ring (bicyclic) bond motifs is 2. The smallest absolute Gasteiger partial charge is 0.166 e. The first-order chi connectivity index (χ1) is 11.2. The summed E-state index contributed by atoms with van der Waals surface area (Å²) in [6.07, 6.45) is 6.27. The van der Waals surface area contributed by atoms with Crippen LogP contribution in [0.25, 0.3) is 0 Å². The van der Waals surface area contributed by atoms with Crippen LogP contribution in [0.1, 0.15) is 37.7 Å². The number of hydrogen-bond donors (Lipinski definition) is 2. The number of para-hydroxylation sites is 1. The molecular weight excluding hydrogens is 306 g/mol. The highest BCUT2D eigenvalue weighted by Gasteiger charge is 2.38.